The monoisotopic (exact) mass is 423 g/mol. The van der Waals surface area contributed by atoms with Crippen molar-refractivity contribution in [3.8, 4) is 0 Å². The molecule has 1 atom stereocenters. The second-order valence-electron chi connectivity index (χ2n) is 5.75. The highest BCUT2D eigenvalue weighted by Gasteiger charge is 2.08. The molecular formula is C23H27N3O2S. The van der Waals surface area contributed by atoms with E-state index in [1.54, 1.807) is 0 Å². The van der Waals surface area contributed by atoms with E-state index in [0.717, 1.165) is 11.3 Å². The van der Waals surface area contributed by atoms with Gasteiger partial charge in [-0.25, -0.2) is 4.98 Å². The van der Waals surface area contributed by atoms with Gasteiger partial charge in [-0.2, -0.15) is 0 Å². The molecule has 6 heteroatoms. The van der Waals surface area contributed by atoms with E-state index in [9.17, 15) is 9.90 Å². The van der Waals surface area contributed by atoms with Gasteiger partial charge in [0.05, 0.1) is 29.1 Å². The van der Waals surface area contributed by atoms with Crippen molar-refractivity contribution in [3.05, 3.63) is 76.1 Å². The van der Waals surface area contributed by atoms with Crippen LogP contribution in [0.5, 0.6) is 0 Å². The van der Waals surface area contributed by atoms with Gasteiger partial charge in [0.15, 0.2) is 5.13 Å². The molecule has 4 N–H and O–H groups in total. The summed E-state index contributed by atoms with van der Waals surface area (Å²) < 4.78 is 115. The molecule has 0 aliphatic heterocycles. The van der Waals surface area contributed by atoms with Crippen molar-refractivity contribution in [2.75, 3.05) is 11.1 Å². The first-order chi connectivity index (χ1) is 19.5. The number of thiazole rings is 1. The Balaban J connectivity index is 1.92. The van der Waals surface area contributed by atoms with Crippen LogP contribution in [-0.2, 0) is 17.6 Å². The standard InChI is InChI=1S/C23H27N3O2S/c1-16-5-4-7-18(13-16)21(27)8-3-2-6-17-9-11-19(12-10-17)25-22(28)14-20-15-29-23(24)26-20/h4-5,7,9-13,15,21,27H,2-3,6,8,14H2,1H3,(H2,24,26)(H,25,28)/t21-/m0/s1/i2D2,4D,5D,7D,8D2,9D,10D,11D,12D,13D,14D2. The highest BCUT2D eigenvalue weighted by atomic mass is 32.1. The molecule has 0 saturated heterocycles. The Hall–Kier alpha value is -2.70. The van der Waals surface area contributed by atoms with Crippen molar-refractivity contribution >= 4 is 28.1 Å². The second-order valence-corrected chi connectivity index (χ2v) is 6.64. The van der Waals surface area contributed by atoms with Gasteiger partial charge in [-0.05, 0) is 49.3 Å². The van der Waals surface area contributed by atoms with Gasteiger partial charge < -0.3 is 16.2 Å². The molecule has 0 aliphatic rings. The molecular weight excluding hydrogens is 382 g/mol. The summed E-state index contributed by atoms with van der Waals surface area (Å²) >= 11 is 0.881. The van der Waals surface area contributed by atoms with Crippen LogP contribution in [0.4, 0.5) is 10.8 Å². The van der Waals surface area contributed by atoms with E-state index >= 15 is 0 Å². The lowest BCUT2D eigenvalue weighted by molar-refractivity contribution is -0.115. The lowest BCUT2D eigenvalue weighted by atomic mass is 10.00. The van der Waals surface area contributed by atoms with Crippen LogP contribution >= 0.6 is 11.3 Å². The van der Waals surface area contributed by atoms with Gasteiger partial charge in [0.1, 0.15) is 0 Å². The lowest BCUT2D eigenvalue weighted by Gasteiger charge is -2.11. The third-order valence-electron chi connectivity index (χ3n) is 3.44. The van der Waals surface area contributed by atoms with Crippen LogP contribution in [0.15, 0.2) is 53.7 Å². The van der Waals surface area contributed by atoms with Gasteiger partial charge in [-0.3, -0.25) is 4.79 Å². The second kappa shape index (κ2) is 10.2. The van der Waals surface area contributed by atoms with Crippen molar-refractivity contribution in [2.45, 2.75) is 45.0 Å². The Morgan fingerprint density at radius 3 is 2.86 bits per heavy atom. The first kappa shape index (κ1) is 9.41. The highest BCUT2D eigenvalue weighted by Crippen LogP contribution is 2.21. The van der Waals surface area contributed by atoms with Crippen LogP contribution < -0.4 is 11.1 Å². The maximum absolute atomic E-state index is 12.7. The molecule has 0 spiro atoms. The van der Waals surface area contributed by atoms with Crippen molar-refractivity contribution in [3.63, 3.8) is 0 Å². The predicted molar refractivity (Wildman–Crippen MR) is 119 cm³/mol. The van der Waals surface area contributed by atoms with Crippen molar-refractivity contribution in [1.82, 2.24) is 4.98 Å². The maximum Gasteiger partial charge on any atom is 0.230 e. The molecule has 2 aromatic carbocycles. The molecule has 152 valence electrons. The zero-order valence-electron chi connectivity index (χ0n) is 29.4. The zero-order valence-corrected chi connectivity index (χ0v) is 16.2. The Morgan fingerprint density at radius 1 is 1.34 bits per heavy atom. The van der Waals surface area contributed by atoms with E-state index < -0.39 is 109 Å². The molecule has 1 amide bonds. The molecule has 5 nitrogen and oxygen atoms in total. The van der Waals surface area contributed by atoms with Crippen molar-refractivity contribution in [1.29, 1.82) is 0 Å². The summed E-state index contributed by atoms with van der Waals surface area (Å²) in [5, 5.41) is 14.0. The predicted octanol–water partition coefficient (Wildman–Crippen LogP) is 4.66. The Labute approximate surface area is 195 Å². The van der Waals surface area contributed by atoms with E-state index in [1.807, 2.05) is 5.32 Å². The molecule has 0 aliphatic carbocycles. The number of nitrogens with two attached hydrogens (primary N) is 1. The summed E-state index contributed by atoms with van der Waals surface area (Å²) in [6.45, 7) is 1.30. The molecule has 0 saturated carbocycles. The molecule has 1 heterocycles. The number of benzene rings is 2. The fraction of sp³-hybridized carbons (Fsp3) is 0.304. The van der Waals surface area contributed by atoms with Crippen LogP contribution in [0.1, 0.15) is 66.8 Å². The Bertz CT molecular complexity index is 1540. The number of amides is 1. The molecule has 0 fully saturated rings. The topological polar surface area (TPSA) is 88.2 Å². The number of hydrogen-bond donors (Lipinski definition) is 3. The maximum atomic E-state index is 12.7. The zero-order chi connectivity index (χ0) is 33.0. The van der Waals surface area contributed by atoms with E-state index in [-0.39, 0.29) is 16.4 Å². The summed E-state index contributed by atoms with van der Waals surface area (Å²) in [5.41, 5.74) is 3.34. The largest absolute Gasteiger partial charge is 0.388 e. The van der Waals surface area contributed by atoms with Gasteiger partial charge in [0.2, 0.25) is 5.91 Å². The smallest absolute Gasteiger partial charge is 0.230 e. The minimum absolute atomic E-state index is 0.00580. The van der Waals surface area contributed by atoms with Crippen molar-refractivity contribution < 1.29 is 29.1 Å². The van der Waals surface area contributed by atoms with Crippen LogP contribution in [-0.4, -0.2) is 16.0 Å². The van der Waals surface area contributed by atoms with E-state index in [0.29, 0.717) is 0 Å². The third kappa shape index (κ3) is 6.69. The summed E-state index contributed by atoms with van der Waals surface area (Å²) in [6, 6.07) is -5.55. The number of carbonyl (C=O) groups is 1. The molecule has 29 heavy (non-hydrogen) atoms. The molecule has 1 aromatic heterocycles. The molecule has 0 unspecified atom stereocenters. The number of carbonyl (C=O) groups excluding carboxylic acids is 1. The number of aliphatic hydroxyl groups excluding tert-OH is 1. The summed E-state index contributed by atoms with van der Waals surface area (Å²) in [6.07, 6.45) is -12.5. The summed E-state index contributed by atoms with van der Waals surface area (Å²) in [4.78, 5) is 16.4. The summed E-state index contributed by atoms with van der Waals surface area (Å²) in [5.74, 6) is -1.35. The fourth-order valence-corrected chi connectivity index (χ4v) is 2.64. The third-order valence-corrected chi connectivity index (χ3v) is 4.12. The van der Waals surface area contributed by atoms with Crippen LogP contribution in [0, 0.1) is 6.92 Å². The van der Waals surface area contributed by atoms with Gasteiger partial charge in [-0.15, -0.1) is 11.3 Å². The Kier molecular flexibility index (Phi) is 3.30. The van der Waals surface area contributed by atoms with Crippen LogP contribution in [0.3, 0.4) is 0 Å². The fourth-order valence-electron chi connectivity index (χ4n) is 2.15. The number of nitrogen functional groups attached to an aromatic ring is 1. The first-order valence-corrected chi connectivity index (χ1v) is 9.30. The summed E-state index contributed by atoms with van der Waals surface area (Å²) in [7, 11) is 0. The minimum atomic E-state index is -2.85. The van der Waals surface area contributed by atoms with Gasteiger partial charge >= 0.3 is 0 Å². The molecule has 3 rings (SSSR count). The van der Waals surface area contributed by atoms with Gasteiger partial charge in [0.25, 0.3) is 0 Å². The van der Waals surface area contributed by atoms with E-state index in [2.05, 4.69) is 4.98 Å². The Morgan fingerprint density at radius 2 is 2.14 bits per heavy atom. The number of aliphatic hydroxyl groups is 1. The number of nitrogens with one attached hydrogen (secondary N) is 1. The van der Waals surface area contributed by atoms with E-state index in [1.165, 1.54) is 12.3 Å². The number of rotatable bonds is 9. The minimum Gasteiger partial charge on any atom is -0.388 e. The SMILES string of the molecule is [2H]c1c([2H])c(C)c([2H])c([C@@H](O)C([2H])([2H])CC([2H])([2H])Cc2c([2H])c([2H])c(NC(=O)C([2H])([2H])c3csc(N)n3)c([2H])c2[2H])c1[2H]. The number of aromatic nitrogens is 1. The average Bonchev–Trinajstić information content (AvgIpc) is 3.36. The molecule has 3 aromatic rings. The van der Waals surface area contributed by atoms with Crippen molar-refractivity contribution in [2.24, 2.45) is 0 Å². The average molecular weight is 424 g/mol. The number of hydrogen-bond acceptors (Lipinski definition) is 5. The first-order valence-electron chi connectivity index (χ1n) is 15.4. The van der Waals surface area contributed by atoms with E-state index in [4.69, 9.17) is 24.9 Å². The highest BCUT2D eigenvalue weighted by molar-refractivity contribution is 7.13. The van der Waals surface area contributed by atoms with Crippen LogP contribution in [0.25, 0.3) is 0 Å². The van der Waals surface area contributed by atoms with Crippen LogP contribution in [0.2, 0.25) is 0 Å². The number of anilines is 2. The van der Waals surface area contributed by atoms with Gasteiger partial charge in [0, 0.05) is 19.3 Å². The quantitative estimate of drug-likeness (QED) is 0.467. The molecule has 0 radical (unpaired) electrons. The normalized spacial score (nSPS) is 20.3. The van der Waals surface area contributed by atoms with Gasteiger partial charge in [-0.1, -0.05) is 48.2 Å². The molecule has 0 bridgehead atoms. The lowest BCUT2D eigenvalue weighted by Crippen LogP contribution is -2.14. The number of nitrogens with zero attached hydrogens (tertiary/aromatic N) is 1.